The van der Waals surface area contributed by atoms with E-state index in [0.29, 0.717) is 0 Å². The topological polar surface area (TPSA) is 44.5 Å². The first-order chi connectivity index (χ1) is 8.10. The molecule has 0 radical (unpaired) electrons. The summed E-state index contributed by atoms with van der Waals surface area (Å²) in [7, 11) is 1.67. The summed E-state index contributed by atoms with van der Waals surface area (Å²) in [6.45, 7) is 6.12. The van der Waals surface area contributed by atoms with Crippen LogP contribution < -0.4 is 10.5 Å². The molecule has 0 fully saturated rings. The molecule has 1 rings (SSSR count). The van der Waals surface area contributed by atoms with Crippen molar-refractivity contribution >= 4 is 0 Å². The van der Waals surface area contributed by atoms with Crippen LogP contribution in [0.1, 0.15) is 38.9 Å². The van der Waals surface area contributed by atoms with Gasteiger partial charge in [0.2, 0.25) is 0 Å². The molecule has 96 valence electrons. The van der Waals surface area contributed by atoms with E-state index in [0.717, 1.165) is 17.7 Å². The summed E-state index contributed by atoms with van der Waals surface area (Å²) in [6, 6.07) is 7.80. The zero-order valence-electron chi connectivity index (χ0n) is 11.1. The third-order valence-electron chi connectivity index (χ3n) is 2.88. The zero-order chi connectivity index (χ0) is 12.8. The fourth-order valence-electron chi connectivity index (χ4n) is 1.73. The lowest BCUT2D eigenvalue weighted by atomic mass is 10.0. The summed E-state index contributed by atoms with van der Waals surface area (Å²) in [5, 5.41) is 0. The predicted octanol–water partition coefficient (Wildman–Crippen LogP) is 2.90. The van der Waals surface area contributed by atoms with Crippen LogP contribution in [0.3, 0.4) is 0 Å². The maximum atomic E-state index is 6.01. The second-order valence-electron chi connectivity index (χ2n) is 4.38. The number of hydrogen-bond donors (Lipinski definition) is 1. The Bertz CT molecular complexity index is 339. The molecule has 0 bridgehead atoms. The van der Waals surface area contributed by atoms with Crippen molar-refractivity contribution in [1.82, 2.24) is 0 Å². The van der Waals surface area contributed by atoms with Crippen LogP contribution in [0.25, 0.3) is 0 Å². The highest BCUT2D eigenvalue weighted by atomic mass is 16.5. The Morgan fingerprint density at radius 3 is 2.41 bits per heavy atom. The van der Waals surface area contributed by atoms with Crippen LogP contribution in [-0.4, -0.2) is 19.3 Å². The third-order valence-corrected chi connectivity index (χ3v) is 2.88. The Morgan fingerprint density at radius 1 is 1.24 bits per heavy atom. The van der Waals surface area contributed by atoms with Crippen molar-refractivity contribution in [2.45, 2.75) is 45.4 Å². The largest absolute Gasteiger partial charge is 0.496 e. The van der Waals surface area contributed by atoms with E-state index in [1.54, 1.807) is 7.11 Å². The summed E-state index contributed by atoms with van der Waals surface area (Å²) >= 11 is 0. The molecule has 3 unspecified atom stereocenters. The molecule has 0 saturated heterocycles. The Hall–Kier alpha value is -1.06. The van der Waals surface area contributed by atoms with Gasteiger partial charge in [-0.3, -0.25) is 0 Å². The van der Waals surface area contributed by atoms with Gasteiger partial charge in [0, 0.05) is 11.6 Å². The molecular formula is C14H23NO2. The van der Waals surface area contributed by atoms with E-state index in [4.69, 9.17) is 15.2 Å². The van der Waals surface area contributed by atoms with Crippen molar-refractivity contribution in [1.29, 1.82) is 0 Å². The molecule has 0 spiro atoms. The average Bonchev–Trinajstić information content (AvgIpc) is 2.35. The Morgan fingerprint density at radius 2 is 1.88 bits per heavy atom. The van der Waals surface area contributed by atoms with E-state index >= 15 is 0 Å². The quantitative estimate of drug-likeness (QED) is 0.827. The van der Waals surface area contributed by atoms with Crippen LogP contribution in [0, 0.1) is 0 Å². The van der Waals surface area contributed by atoms with Gasteiger partial charge in [-0.1, -0.05) is 25.1 Å². The maximum absolute atomic E-state index is 6.01. The SMILES string of the molecule is CCC(C)OC(c1ccccc1OC)C(C)N. The van der Waals surface area contributed by atoms with Gasteiger partial charge in [0.1, 0.15) is 11.9 Å². The number of rotatable bonds is 6. The van der Waals surface area contributed by atoms with Crippen molar-refractivity contribution in [2.75, 3.05) is 7.11 Å². The molecule has 2 N–H and O–H groups in total. The number of para-hydroxylation sites is 1. The van der Waals surface area contributed by atoms with Crippen LogP contribution in [0.4, 0.5) is 0 Å². The number of nitrogens with two attached hydrogens (primary N) is 1. The molecular weight excluding hydrogens is 214 g/mol. The lowest BCUT2D eigenvalue weighted by molar-refractivity contribution is -0.0172. The number of hydrogen-bond acceptors (Lipinski definition) is 3. The molecule has 17 heavy (non-hydrogen) atoms. The normalized spacial score (nSPS) is 16.3. The first-order valence-corrected chi connectivity index (χ1v) is 6.14. The molecule has 0 aromatic heterocycles. The van der Waals surface area contributed by atoms with Crippen LogP contribution in [0.5, 0.6) is 5.75 Å². The minimum atomic E-state index is -0.124. The molecule has 0 aliphatic rings. The molecule has 0 aliphatic carbocycles. The van der Waals surface area contributed by atoms with Gasteiger partial charge in [-0.2, -0.15) is 0 Å². The second-order valence-corrected chi connectivity index (χ2v) is 4.38. The van der Waals surface area contributed by atoms with Crippen LogP contribution in [0.15, 0.2) is 24.3 Å². The first kappa shape index (κ1) is 14.0. The van der Waals surface area contributed by atoms with Crippen molar-refractivity contribution in [2.24, 2.45) is 5.73 Å². The molecule has 0 amide bonds. The van der Waals surface area contributed by atoms with Gasteiger partial charge in [-0.15, -0.1) is 0 Å². The monoisotopic (exact) mass is 237 g/mol. The number of ether oxygens (including phenoxy) is 2. The van der Waals surface area contributed by atoms with Gasteiger partial charge in [-0.25, -0.2) is 0 Å². The summed E-state index contributed by atoms with van der Waals surface area (Å²) in [5.41, 5.74) is 7.03. The van der Waals surface area contributed by atoms with E-state index in [9.17, 15) is 0 Å². The van der Waals surface area contributed by atoms with E-state index < -0.39 is 0 Å². The van der Waals surface area contributed by atoms with Crippen LogP contribution >= 0.6 is 0 Å². The maximum Gasteiger partial charge on any atom is 0.124 e. The number of benzene rings is 1. The minimum Gasteiger partial charge on any atom is -0.496 e. The first-order valence-electron chi connectivity index (χ1n) is 6.14. The molecule has 0 aliphatic heterocycles. The minimum absolute atomic E-state index is 0.0692. The van der Waals surface area contributed by atoms with E-state index in [-0.39, 0.29) is 18.2 Å². The third kappa shape index (κ3) is 3.72. The van der Waals surface area contributed by atoms with Gasteiger partial charge in [0.25, 0.3) is 0 Å². The Kier molecular flexibility index (Phi) is 5.45. The van der Waals surface area contributed by atoms with E-state index in [2.05, 4.69) is 13.8 Å². The highest BCUT2D eigenvalue weighted by Crippen LogP contribution is 2.30. The predicted molar refractivity (Wildman–Crippen MR) is 70.2 cm³/mol. The van der Waals surface area contributed by atoms with Gasteiger partial charge < -0.3 is 15.2 Å². The van der Waals surface area contributed by atoms with Crippen molar-refractivity contribution < 1.29 is 9.47 Å². The lowest BCUT2D eigenvalue weighted by Gasteiger charge is -2.26. The highest BCUT2D eigenvalue weighted by molar-refractivity contribution is 5.35. The van der Waals surface area contributed by atoms with Crippen LogP contribution in [0.2, 0.25) is 0 Å². The average molecular weight is 237 g/mol. The zero-order valence-corrected chi connectivity index (χ0v) is 11.1. The van der Waals surface area contributed by atoms with Crippen molar-refractivity contribution in [3.8, 4) is 5.75 Å². The fourth-order valence-corrected chi connectivity index (χ4v) is 1.73. The van der Waals surface area contributed by atoms with Crippen molar-refractivity contribution in [3.63, 3.8) is 0 Å². The summed E-state index contributed by atoms with van der Waals surface area (Å²) in [4.78, 5) is 0. The van der Waals surface area contributed by atoms with E-state index in [1.165, 1.54) is 0 Å². The smallest absolute Gasteiger partial charge is 0.124 e. The molecule has 3 heteroatoms. The Labute approximate surface area is 104 Å². The summed E-state index contributed by atoms with van der Waals surface area (Å²) < 4.78 is 11.3. The standard InChI is InChI=1S/C14H23NO2/c1-5-10(2)17-14(11(3)15)12-8-6-7-9-13(12)16-4/h6-11,14H,5,15H2,1-4H3. The second kappa shape index (κ2) is 6.62. The molecule has 3 atom stereocenters. The molecule has 3 nitrogen and oxygen atoms in total. The van der Waals surface area contributed by atoms with Gasteiger partial charge >= 0.3 is 0 Å². The van der Waals surface area contributed by atoms with Gasteiger partial charge in [0.05, 0.1) is 13.2 Å². The molecule has 0 saturated carbocycles. The summed E-state index contributed by atoms with van der Waals surface area (Å²) in [6.07, 6.45) is 1.04. The molecule has 0 heterocycles. The molecule has 1 aromatic rings. The molecule has 1 aromatic carbocycles. The summed E-state index contributed by atoms with van der Waals surface area (Å²) in [5.74, 6) is 0.832. The lowest BCUT2D eigenvalue weighted by Crippen LogP contribution is -2.29. The van der Waals surface area contributed by atoms with Crippen LogP contribution in [-0.2, 0) is 4.74 Å². The fraction of sp³-hybridized carbons (Fsp3) is 0.571. The highest BCUT2D eigenvalue weighted by Gasteiger charge is 2.22. The van der Waals surface area contributed by atoms with Gasteiger partial charge in [0.15, 0.2) is 0 Å². The number of methoxy groups -OCH3 is 1. The van der Waals surface area contributed by atoms with Gasteiger partial charge in [-0.05, 0) is 26.3 Å². The van der Waals surface area contributed by atoms with E-state index in [1.807, 2.05) is 31.2 Å². The Balaban J connectivity index is 2.96. The van der Waals surface area contributed by atoms with Crippen molar-refractivity contribution in [3.05, 3.63) is 29.8 Å².